The van der Waals surface area contributed by atoms with E-state index in [1.807, 2.05) is 34.6 Å². The number of esters is 2. The van der Waals surface area contributed by atoms with Gasteiger partial charge in [0.1, 0.15) is 11.2 Å². The third-order valence-corrected chi connectivity index (χ3v) is 7.22. The van der Waals surface area contributed by atoms with Gasteiger partial charge >= 0.3 is 34.2 Å². The Morgan fingerprint density at radius 2 is 1.31 bits per heavy atom. The van der Waals surface area contributed by atoms with E-state index < -0.39 is 33.5 Å². The summed E-state index contributed by atoms with van der Waals surface area (Å²) < 4.78 is 47.5. The Bertz CT molecular complexity index is 1280. The Kier molecular flexibility index (Phi) is 18.6. The van der Waals surface area contributed by atoms with E-state index in [1.54, 1.807) is 50.3 Å². The molecule has 2 amide bonds. The molecule has 49 heavy (non-hydrogen) atoms. The number of hydroxylamine groups is 1. The lowest BCUT2D eigenvalue weighted by molar-refractivity contribution is -0.144. The van der Waals surface area contributed by atoms with Crippen molar-refractivity contribution >= 4 is 34.2 Å². The number of amides is 2. The van der Waals surface area contributed by atoms with E-state index in [0.717, 1.165) is 24.9 Å². The Labute approximate surface area is 291 Å². The number of benzene rings is 1. The maximum absolute atomic E-state index is 11.7. The molecule has 15 nitrogen and oxygen atoms in total. The molecule has 2 aliphatic carbocycles. The van der Waals surface area contributed by atoms with Crippen LogP contribution in [0.5, 0.6) is 0 Å². The van der Waals surface area contributed by atoms with Crippen molar-refractivity contribution in [3.63, 3.8) is 0 Å². The van der Waals surface area contributed by atoms with Gasteiger partial charge in [-0.3, -0.25) is 15.0 Å². The molecule has 16 heteroatoms. The van der Waals surface area contributed by atoms with Gasteiger partial charge in [-0.25, -0.2) is 14.6 Å². The second kappa shape index (κ2) is 20.9. The van der Waals surface area contributed by atoms with E-state index in [9.17, 15) is 27.6 Å². The molecule has 0 heterocycles. The molecular weight excluding hydrogens is 660 g/mol. The Hall–Kier alpha value is -3.47. The Morgan fingerprint density at radius 1 is 0.796 bits per heavy atom. The SMILES string of the molecule is CCOC(=O)CCN(NC(=O)OC(C)(C)C)C1CC1.CCOC(=O)CCNC1CC1.Cc1ccc(S(=O)(=O)ONC(=O)OC(C)(C)C)cc1. The van der Waals surface area contributed by atoms with Gasteiger partial charge in [0.25, 0.3) is 0 Å². The van der Waals surface area contributed by atoms with Crippen LogP contribution in [-0.4, -0.2) is 87.1 Å². The molecule has 0 unspecified atom stereocenters. The molecule has 1 aromatic rings. The average Bonchev–Trinajstić information content (AvgIpc) is 3.89. The lowest BCUT2D eigenvalue weighted by atomic mass is 10.2. The van der Waals surface area contributed by atoms with Crippen LogP contribution < -0.4 is 16.2 Å². The van der Waals surface area contributed by atoms with Crippen LogP contribution in [0.2, 0.25) is 0 Å². The van der Waals surface area contributed by atoms with Gasteiger partial charge in [-0.05, 0) is 100 Å². The van der Waals surface area contributed by atoms with Crippen molar-refractivity contribution in [2.45, 2.75) is 129 Å². The lowest BCUT2D eigenvalue weighted by Gasteiger charge is -2.25. The standard InChI is InChI=1S/C13H24N2O4.C12H17NO5S.C8H15NO2/c1-5-18-11(16)8-9-15(10-6-7-10)14-12(17)19-13(2,3)4;1-9-5-7-10(8-6-9)19(15,16)18-13-11(14)17-12(2,3)4;1-2-11-8(10)5-6-9-7-3-4-7/h10H,5-9H2,1-4H3,(H,14,17);5-8H,1-4H3,(H,13,14);7,9H,2-6H2,1H3. The molecule has 2 aliphatic rings. The summed E-state index contributed by atoms with van der Waals surface area (Å²) in [5, 5.41) is 5.01. The van der Waals surface area contributed by atoms with Crippen molar-refractivity contribution in [1.29, 1.82) is 0 Å². The van der Waals surface area contributed by atoms with Gasteiger partial charge < -0.3 is 24.3 Å². The molecule has 2 saturated carbocycles. The highest BCUT2D eigenvalue weighted by Crippen LogP contribution is 2.25. The smallest absolute Gasteiger partial charge is 0.432 e. The maximum atomic E-state index is 11.7. The van der Waals surface area contributed by atoms with Crippen LogP contribution in [0.4, 0.5) is 9.59 Å². The highest BCUT2D eigenvalue weighted by Gasteiger charge is 2.31. The molecule has 0 radical (unpaired) electrons. The highest BCUT2D eigenvalue weighted by atomic mass is 32.2. The molecule has 3 N–H and O–H groups in total. The fourth-order valence-corrected chi connectivity index (χ4v) is 4.36. The van der Waals surface area contributed by atoms with Crippen LogP contribution in [0.25, 0.3) is 0 Å². The zero-order valence-electron chi connectivity index (χ0n) is 30.4. The van der Waals surface area contributed by atoms with Gasteiger partial charge in [0.15, 0.2) is 0 Å². The van der Waals surface area contributed by atoms with Crippen molar-refractivity contribution < 1.29 is 50.8 Å². The van der Waals surface area contributed by atoms with E-state index in [4.69, 9.17) is 18.9 Å². The summed E-state index contributed by atoms with van der Waals surface area (Å²) in [4.78, 5) is 45.0. The number of hydrogen-bond donors (Lipinski definition) is 3. The number of rotatable bonds is 14. The van der Waals surface area contributed by atoms with Gasteiger partial charge in [-0.1, -0.05) is 17.7 Å². The molecule has 0 saturated heterocycles. The molecular formula is C33H56N4O11S. The number of aryl methyl sites for hydroxylation is 1. The van der Waals surface area contributed by atoms with Crippen molar-refractivity contribution in [3.05, 3.63) is 29.8 Å². The molecule has 0 aliphatic heterocycles. The van der Waals surface area contributed by atoms with Crippen molar-refractivity contribution in [2.24, 2.45) is 0 Å². The second-order valence-corrected chi connectivity index (χ2v) is 14.9. The molecule has 0 aromatic heterocycles. The summed E-state index contributed by atoms with van der Waals surface area (Å²) in [6, 6.07) is 7.03. The number of carbonyl (C=O) groups is 4. The van der Waals surface area contributed by atoms with Gasteiger partial charge in [-0.2, -0.15) is 13.9 Å². The van der Waals surface area contributed by atoms with Gasteiger partial charge in [0, 0.05) is 25.2 Å². The summed E-state index contributed by atoms with van der Waals surface area (Å²) in [6.45, 7) is 17.9. The quantitative estimate of drug-likeness (QED) is 0.137. The van der Waals surface area contributed by atoms with Crippen molar-refractivity contribution in [3.8, 4) is 0 Å². The summed E-state index contributed by atoms with van der Waals surface area (Å²) >= 11 is 0. The first-order chi connectivity index (χ1) is 22.7. The summed E-state index contributed by atoms with van der Waals surface area (Å²) in [7, 11) is -4.04. The monoisotopic (exact) mass is 716 g/mol. The largest absolute Gasteiger partial charge is 0.466 e. The third kappa shape index (κ3) is 22.7. The fraction of sp³-hybridized carbons (Fsp3) is 0.697. The predicted molar refractivity (Wildman–Crippen MR) is 181 cm³/mol. The van der Waals surface area contributed by atoms with Crippen LogP contribution in [0.15, 0.2) is 29.2 Å². The normalized spacial score (nSPS) is 14.2. The first-order valence-corrected chi connectivity index (χ1v) is 18.0. The molecule has 0 atom stereocenters. The zero-order valence-corrected chi connectivity index (χ0v) is 31.2. The minimum atomic E-state index is -4.04. The third-order valence-electron chi connectivity index (χ3n) is 6.07. The molecule has 1 aromatic carbocycles. The van der Waals surface area contributed by atoms with E-state index in [2.05, 4.69) is 15.0 Å². The topological polar surface area (TPSA) is 188 Å². The number of nitrogens with zero attached hydrogens (tertiary/aromatic N) is 1. The summed E-state index contributed by atoms with van der Waals surface area (Å²) in [5.41, 5.74) is 4.09. The van der Waals surface area contributed by atoms with E-state index >= 15 is 0 Å². The van der Waals surface area contributed by atoms with Crippen LogP contribution in [0, 0.1) is 6.92 Å². The number of hydrazine groups is 1. The molecule has 3 rings (SSSR count). The number of ether oxygens (including phenoxy) is 4. The lowest BCUT2D eigenvalue weighted by Crippen LogP contribution is -2.46. The number of hydrogen-bond acceptors (Lipinski definition) is 13. The van der Waals surface area contributed by atoms with Crippen LogP contribution in [-0.2, 0) is 42.9 Å². The first-order valence-electron chi connectivity index (χ1n) is 16.5. The minimum absolute atomic E-state index is 0.0471. The fourth-order valence-electron chi connectivity index (χ4n) is 3.62. The van der Waals surface area contributed by atoms with Crippen LogP contribution in [0.1, 0.15) is 99.5 Å². The van der Waals surface area contributed by atoms with Crippen molar-refractivity contribution in [1.82, 2.24) is 21.2 Å². The summed E-state index contributed by atoms with van der Waals surface area (Å²) in [5.74, 6) is -0.347. The molecule has 0 bridgehead atoms. The average molecular weight is 717 g/mol. The minimum Gasteiger partial charge on any atom is -0.466 e. The number of carbonyl (C=O) groups excluding carboxylic acids is 4. The van der Waals surface area contributed by atoms with Gasteiger partial charge in [-0.15, -0.1) is 4.28 Å². The highest BCUT2D eigenvalue weighted by molar-refractivity contribution is 7.86. The first kappa shape index (κ1) is 43.6. The van der Waals surface area contributed by atoms with Crippen LogP contribution >= 0.6 is 0 Å². The van der Waals surface area contributed by atoms with E-state index in [-0.39, 0.29) is 23.3 Å². The van der Waals surface area contributed by atoms with E-state index in [1.165, 1.54) is 25.0 Å². The zero-order chi connectivity index (χ0) is 37.3. The van der Waals surface area contributed by atoms with Crippen LogP contribution in [0.3, 0.4) is 0 Å². The Balaban J connectivity index is 0.000000381. The predicted octanol–water partition coefficient (Wildman–Crippen LogP) is 4.68. The Morgan fingerprint density at radius 3 is 1.78 bits per heavy atom. The molecule has 2 fully saturated rings. The maximum Gasteiger partial charge on any atom is 0.432 e. The number of nitrogens with one attached hydrogen (secondary N) is 3. The second-order valence-electron chi connectivity index (χ2n) is 13.3. The molecule has 0 spiro atoms. The van der Waals surface area contributed by atoms with E-state index in [0.29, 0.717) is 38.3 Å². The summed E-state index contributed by atoms with van der Waals surface area (Å²) in [6.07, 6.45) is 3.90. The van der Waals surface area contributed by atoms with Crippen molar-refractivity contribution in [2.75, 3.05) is 26.3 Å². The van der Waals surface area contributed by atoms with Gasteiger partial charge in [0.05, 0.1) is 31.0 Å². The van der Waals surface area contributed by atoms with Gasteiger partial charge in [0.2, 0.25) is 0 Å². The molecule has 280 valence electrons.